The Morgan fingerprint density at radius 2 is 2.40 bits per heavy atom. The summed E-state index contributed by atoms with van der Waals surface area (Å²) in [6.45, 7) is 8.24. The van der Waals surface area contributed by atoms with Crippen molar-refractivity contribution < 1.29 is 0 Å². The minimum Gasteiger partial charge on any atom is -0.342 e. The van der Waals surface area contributed by atoms with Crippen LogP contribution in [-0.4, -0.2) is 29.2 Å². The lowest BCUT2D eigenvalue weighted by molar-refractivity contribution is 0.382. The third-order valence-corrected chi connectivity index (χ3v) is 3.37. The molecule has 4 heteroatoms. The molecule has 1 unspecified atom stereocenters. The Kier molecular flexibility index (Phi) is 2.69. The number of aromatic nitrogens is 2. The zero-order chi connectivity index (χ0) is 10.9. The lowest BCUT2D eigenvalue weighted by atomic mass is 9.90. The van der Waals surface area contributed by atoms with Crippen LogP contribution in [0.1, 0.15) is 20.3 Å². The van der Waals surface area contributed by atoms with E-state index in [1.54, 1.807) is 0 Å². The highest BCUT2D eigenvalue weighted by Crippen LogP contribution is 2.31. The first-order valence-corrected chi connectivity index (χ1v) is 5.65. The van der Waals surface area contributed by atoms with Crippen molar-refractivity contribution in [2.75, 3.05) is 24.5 Å². The zero-order valence-corrected chi connectivity index (χ0v) is 9.61. The third kappa shape index (κ3) is 1.86. The van der Waals surface area contributed by atoms with Crippen molar-refractivity contribution in [2.24, 2.45) is 11.1 Å². The first kappa shape index (κ1) is 10.5. The van der Waals surface area contributed by atoms with Crippen molar-refractivity contribution >= 4 is 5.95 Å². The van der Waals surface area contributed by atoms with E-state index in [4.69, 9.17) is 5.73 Å². The lowest BCUT2D eigenvalue weighted by Gasteiger charge is -2.23. The van der Waals surface area contributed by atoms with Gasteiger partial charge in [0, 0.05) is 32.0 Å². The SMILES string of the molecule is CCn1ccnc1N1CCC(C)(CN)C1. The molecule has 0 aromatic carbocycles. The smallest absolute Gasteiger partial charge is 0.205 e. The topological polar surface area (TPSA) is 47.1 Å². The first-order chi connectivity index (χ1) is 7.18. The van der Waals surface area contributed by atoms with E-state index in [1.165, 1.54) is 6.42 Å². The Labute approximate surface area is 91.1 Å². The predicted molar refractivity (Wildman–Crippen MR) is 61.9 cm³/mol. The summed E-state index contributed by atoms with van der Waals surface area (Å²) in [6, 6.07) is 0. The molecule has 2 heterocycles. The number of anilines is 1. The summed E-state index contributed by atoms with van der Waals surface area (Å²) < 4.78 is 2.18. The molecule has 84 valence electrons. The van der Waals surface area contributed by atoms with Crippen molar-refractivity contribution in [3.63, 3.8) is 0 Å². The molecule has 1 fully saturated rings. The van der Waals surface area contributed by atoms with Gasteiger partial charge in [0.05, 0.1) is 0 Å². The van der Waals surface area contributed by atoms with E-state index >= 15 is 0 Å². The normalized spacial score (nSPS) is 26.2. The van der Waals surface area contributed by atoms with Gasteiger partial charge in [0.2, 0.25) is 5.95 Å². The van der Waals surface area contributed by atoms with Gasteiger partial charge in [0.25, 0.3) is 0 Å². The van der Waals surface area contributed by atoms with Crippen LogP contribution in [0.4, 0.5) is 5.95 Å². The van der Waals surface area contributed by atoms with Crippen LogP contribution in [0.5, 0.6) is 0 Å². The average Bonchev–Trinajstić information content (AvgIpc) is 2.84. The highest BCUT2D eigenvalue weighted by Gasteiger charge is 2.33. The quantitative estimate of drug-likeness (QED) is 0.808. The molecule has 0 spiro atoms. The standard InChI is InChI=1S/C11H20N4/c1-3-14-7-5-13-10(14)15-6-4-11(2,8-12)9-15/h5,7H,3-4,6,8-9,12H2,1-2H3. The summed E-state index contributed by atoms with van der Waals surface area (Å²) in [6.07, 6.45) is 5.07. The monoisotopic (exact) mass is 208 g/mol. The summed E-state index contributed by atoms with van der Waals surface area (Å²) in [7, 11) is 0. The van der Waals surface area contributed by atoms with E-state index in [-0.39, 0.29) is 5.41 Å². The Morgan fingerprint density at radius 1 is 1.60 bits per heavy atom. The molecule has 1 aliphatic rings. The number of hydrogen-bond acceptors (Lipinski definition) is 3. The molecule has 1 aromatic rings. The summed E-state index contributed by atoms with van der Waals surface area (Å²) in [4.78, 5) is 6.76. The molecule has 0 aliphatic carbocycles. The average molecular weight is 208 g/mol. The second kappa shape index (κ2) is 3.85. The maximum atomic E-state index is 5.80. The molecule has 4 nitrogen and oxygen atoms in total. The minimum atomic E-state index is 0.268. The fraction of sp³-hybridized carbons (Fsp3) is 0.727. The number of hydrogen-bond donors (Lipinski definition) is 1. The fourth-order valence-electron chi connectivity index (χ4n) is 2.19. The van der Waals surface area contributed by atoms with Crippen LogP contribution < -0.4 is 10.6 Å². The Hall–Kier alpha value is -1.03. The number of nitrogens with two attached hydrogens (primary N) is 1. The van der Waals surface area contributed by atoms with Crippen molar-refractivity contribution in [1.29, 1.82) is 0 Å². The van der Waals surface area contributed by atoms with Gasteiger partial charge in [0.1, 0.15) is 0 Å². The van der Waals surface area contributed by atoms with Gasteiger partial charge in [-0.05, 0) is 25.3 Å². The molecule has 2 N–H and O–H groups in total. The molecular formula is C11H20N4. The third-order valence-electron chi connectivity index (χ3n) is 3.37. The van der Waals surface area contributed by atoms with Crippen molar-refractivity contribution in [3.8, 4) is 0 Å². The van der Waals surface area contributed by atoms with Gasteiger partial charge in [-0.15, -0.1) is 0 Å². The number of rotatable bonds is 3. The van der Waals surface area contributed by atoms with Crippen molar-refractivity contribution in [1.82, 2.24) is 9.55 Å². The molecule has 1 aromatic heterocycles. The zero-order valence-electron chi connectivity index (χ0n) is 9.61. The highest BCUT2D eigenvalue weighted by molar-refractivity contribution is 5.34. The lowest BCUT2D eigenvalue weighted by Crippen LogP contribution is -2.32. The number of nitrogens with zero attached hydrogens (tertiary/aromatic N) is 3. The van der Waals surface area contributed by atoms with Crippen LogP contribution in [0.3, 0.4) is 0 Å². The predicted octanol–water partition coefficient (Wildman–Crippen LogP) is 1.08. The Bertz CT molecular complexity index is 333. The first-order valence-electron chi connectivity index (χ1n) is 5.65. The van der Waals surface area contributed by atoms with E-state index < -0.39 is 0 Å². The second-order valence-corrected chi connectivity index (χ2v) is 4.70. The highest BCUT2D eigenvalue weighted by atomic mass is 15.3. The van der Waals surface area contributed by atoms with E-state index in [2.05, 4.69) is 28.3 Å². The molecule has 1 saturated heterocycles. The number of imidazole rings is 1. The fourth-order valence-corrected chi connectivity index (χ4v) is 2.19. The summed E-state index contributed by atoms with van der Waals surface area (Å²) in [5.41, 5.74) is 6.07. The molecule has 1 atom stereocenters. The summed E-state index contributed by atoms with van der Waals surface area (Å²) in [5.74, 6) is 1.09. The van der Waals surface area contributed by atoms with Crippen LogP contribution in [0.25, 0.3) is 0 Å². The largest absolute Gasteiger partial charge is 0.342 e. The maximum absolute atomic E-state index is 5.80. The number of aryl methyl sites for hydroxylation is 1. The van der Waals surface area contributed by atoms with Gasteiger partial charge in [-0.25, -0.2) is 4.98 Å². The van der Waals surface area contributed by atoms with E-state index in [9.17, 15) is 0 Å². The van der Waals surface area contributed by atoms with Crippen LogP contribution in [-0.2, 0) is 6.54 Å². The molecule has 0 amide bonds. The van der Waals surface area contributed by atoms with Crippen molar-refractivity contribution in [2.45, 2.75) is 26.8 Å². The van der Waals surface area contributed by atoms with Crippen LogP contribution >= 0.6 is 0 Å². The van der Waals surface area contributed by atoms with E-state index in [0.717, 1.165) is 32.1 Å². The van der Waals surface area contributed by atoms with Crippen LogP contribution in [0.2, 0.25) is 0 Å². The van der Waals surface area contributed by atoms with Crippen LogP contribution in [0.15, 0.2) is 12.4 Å². The molecular weight excluding hydrogens is 188 g/mol. The van der Waals surface area contributed by atoms with Crippen LogP contribution in [0, 0.1) is 5.41 Å². The molecule has 0 saturated carbocycles. The van der Waals surface area contributed by atoms with Gasteiger partial charge in [-0.3, -0.25) is 0 Å². The maximum Gasteiger partial charge on any atom is 0.205 e. The van der Waals surface area contributed by atoms with Gasteiger partial charge in [0.15, 0.2) is 0 Å². The molecule has 2 rings (SSSR count). The second-order valence-electron chi connectivity index (χ2n) is 4.70. The molecule has 15 heavy (non-hydrogen) atoms. The molecule has 0 radical (unpaired) electrons. The molecule has 0 bridgehead atoms. The van der Waals surface area contributed by atoms with Crippen molar-refractivity contribution in [3.05, 3.63) is 12.4 Å². The van der Waals surface area contributed by atoms with E-state index in [1.807, 2.05) is 12.4 Å². The van der Waals surface area contributed by atoms with Gasteiger partial charge < -0.3 is 15.2 Å². The Balaban J connectivity index is 2.14. The summed E-state index contributed by atoms with van der Waals surface area (Å²) >= 11 is 0. The molecule has 1 aliphatic heterocycles. The van der Waals surface area contributed by atoms with E-state index in [0.29, 0.717) is 0 Å². The van der Waals surface area contributed by atoms with Gasteiger partial charge >= 0.3 is 0 Å². The Morgan fingerprint density at radius 3 is 3.00 bits per heavy atom. The van der Waals surface area contributed by atoms with Gasteiger partial charge in [-0.2, -0.15) is 0 Å². The minimum absolute atomic E-state index is 0.268. The summed E-state index contributed by atoms with van der Waals surface area (Å²) in [5, 5.41) is 0. The van der Waals surface area contributed by atoms with Gasteiger partial charge in [-0.1, -0.05) is 6.92 Å².